The minimum Gasteiger partial charge on any atom is -0.353 e. The van der Waals surface area contributed by atoms with E-state index in [0.717, 1.165) is 29.8 Å². The van der Waals surface area contributed by atoms with E-state index in [4.69, 9.17) is 0 Å². The number of rotatable bonds is 2. The minimum atomic E-state index is -0.502. The molecule has 0 saturated carbocycles. The number of hydrogen-bond acceptors (Lipinski definition) is 3. The van der Waals surface area contributed by atoms with Crippen molar-refractivity contribution in [2.75, 3.05) is 5.32 Å². The molecule has 0 spiro atoms. The molecule has 1 aliphatic heterocycles. The molecule has 1 aromatic heterocycles. The minimum absolute atomic E-state index is 0.0838. The van der Waals surface area contributed by atoms with Gasteiger partial charge in [0.1, 0.15) is 17.0 Å². The lowest BCUT2D eigenvalue weighted by molar-refractivity contribution is 0.0934. The van der Waals surface area contributed by atoms with Gasteiger partial charge in [-0.3, -0.25) is 4.79 Å². The van der Waals surface area contributed by atoms with Crippen LogP contribution in [0.15, 0.2) is 24.3 Å². The molecule has 2 heterocycles. The molecule has 2 atom stereocenters. The van der Waals surface area contributed by atoms with Crippen molar-refractivity contribution in [1.29, 1.82) is 0 Å². The van der Waals surface area contributed by atoms with Crippen LogP contribution < -0.4 is 10.6 Å². The highest BCUT2D eigenvalue weighted by molar-refractivity contribution is 7.16. The average Bonchev–Trinajstić information content (AvgIpc) is 2.92. The number of carbonyl (C=O) groups excluding carboxylic acids is 1. The number of benzene rings is 1. The van der Waals surface area contributed by atoms with E-state index in [1.165, 1.54) is 22.9 Å². The van der Waals surface area contributed by atoms with Gasteiger partial charge < -0.3 is 10.6 Å². The Kier molecular flexibility index (Phi) is 3.60. The summed E-state index contributed by atoms with van der Waals surface area (Å²) in [5, 5.41) is 7.12. The molecule has 4 rings (SSSR count). The lowest BCUT2D eigenvalue weighted by atomic mass is 9.85. The molecule has 1 aromatic carbocycles. The Labute approximate surface area is 138 Å². The fourth-order valence-electron chi connectivity index (χ4n) is 3.58. The number of hydrogen-bond donors (Lipinski definition) is 2. The molecule has 120 valence electrons. The summed E-state index contributed by atoms with van der Waals surface area (Å²) in [5.41, 5.74) is 2.46. The van der Waals surface area contributed by atoms with E-state index < -0.39 is 6.17 Å². The molecule has 2 aliphatic rings. The van der Waals surface area contributed by atoms with Gasteiger partial charge in [0, 0.05) is 10.4 Å². The summed E-state index contributed by atoms with van der Waals surface area (Å²) in [6, 6.07) is 6.57. The maximum Gasteiger partial charge on any atom is 0.256 e. The zero-order valence-electron chi connectivity index (χ0n) is 13.0. The van der Waals surface area contributed by atoms with Crippen molar-refractivity contribution in [2.24, 2.45) is 5.92 Å². The second-order valence-corrected chi connectivity index (χ2v) is 7.40. The van der Waals surface area contributed by atoms with Gasteiger partial charge in [0.2, 0.25) is 0 Å². The second-order valence-electron chi connectivity index (χ2n) is 6.30. The Morgan fingerprint density at radius 1 is 1.30 bits per heavy atom. The lowest BCUT2D eigenvalue weighted by Crippen LogP contribution is -2.38. The maximum atomic E-state index is 14.0. The van der Waals surface area contributed by atoms with Crippen molar-refractivity contribution < 1.29 is 9.18 Å². The smallest absolute Gasteiger partial charge is 0.256 e. The zero-order valence-corrected chi connectivity index (χ0v) is 13.8. The summed E-state index contributed by atoms with van der Waals surface area (Å²) in [4.78, 5) is 13.9. The van der Waals surface area contributed by atoms with E-state index in [-0.39, 0.29) is 11.7 Å². The van der Waals surface area contributed by atoms with Crippen LogP contribution in [0.2, 0.25) is 0 Å². The van der Waals surface area contributed by atoms with Gasteiger partial charge in [0.15, 0.2) is 0 Å². The van der Waals surface area contributed by atoms with Crippen LogP contribution in [0, 0.1) is 11.7 Å². The number of fused-ring (bicyclic) bond motifs is 3. The Morgan fingerprint density at radius 3 is 2.91 bits per heavy atom. The fraction of sp³-hybridized carbons (Fsp3) is 0.389. The second kappa shape index (κ2) is 5.64. The van der Waals surface area contributed by atoms with Crippen LogP contribution >= 0.6 is 11.3 Å². The molecule has 23 heavy (non-hydrogen) atoms. The molecule has 0 saturated heterocycles. The normalized spacial score (nSPS) is 22.8. The summed E-state index contributed by atoms with van der Waals surface area (Å²) in [5.74, 6) is 0.327. The molecule has 1 aliphatic carbocycles. The molecule has 0 fully saturated rings. The molecule has 1 amide bonds. The van der Waals surface area contributed by atoms with E-state index in [2.05, 4.69) is 17.6 Å². The number of thiophene rings is 1. The Bertz CT molecular complexity index is 770. The first-order valence-electron chi connectivity index (χ1n) is 8.13. The van der Waals surface area contributed by atoms with Crippen LogP contribution in [0.25, 0.3) is 0 Å². The van der Waals surface area contributed by atoms with Crippen molar-refractivity contribution in [3.05, 3.63) is 51.7 Å². The molecule has 5 heteroatoms. The highest BCUT2D eigenvalue weighted by Crippen LogP contribution is 2.43. The van der Waals surface area contributed by atoms with E-state index in [0.29, 0.717) is 11.5 Å². The number of carbonyl (C=O) groups is 1. The molecule has 0 radical (unpaired) electrons. The third-order valence-electron chi connectivity index (χ3n) is 4.94. The van der Waals surface area contributed by atoms with E-state index in [1.807, 2.05) is 0 Å². The third kappa shape index (κ3) is 2.43. The first kappa shape index (κ1) is 14.7. The van der Waals surface area contributed by atoms with Crippen molar-refractivity contribution in [3.8, 4) is 0 Å². The number of halogens is 1. The van der Waals surface area contributed by atoms with Gasteiger partial charge in [0.05, 0.1) is 5.56 Å². The third-order valence-corrected chi connectivity index (χ3v) is 6.12. The van der Waals surface area contributed by atoms with Crippen molar-refractivity contribution in [3.63, 3.8) is 0 Å². The Balaban J connectivity index is 1.69. The largest absolute Gasteiger partial charge is 0.353 e. The zero-order chi connectivity index (χ0) is 16.0. The topological polar surface area (TPSA) is 41.1 Å². The van der Waals surface area contributed by atoms with Crippen molar-refractivity contribution in [1.82, 2.24) is 5.32 Å². The van der Waals surface area contributed by atoms with Crippen LogP contribution in [0.4, 0.5) is 9.39 Å². The molecule has 3 nitrogen and oxygen atoms in total. The van der Waals surface area contributed by atoms with Gasteiger partial charge in [-0.15, -0.1) is 11.3 Å². The standard InChI is InChI=1S/C18H19FN2OS/c1-2-10-7-8-12-14(9-10)23-18-15(12)17(22)20-16(21-18)11-5-3-4-6-13(11)19/h3-6,10,16,21H,2,7-9H2,1H3,(H,20,22). The predicted molar refractivity (Wildman–Crippen MR) is 90.4 cm³/mol. The summed E-state index contributed by atoms with van der Waals surface area (Å²) >= 11 is 1.67. The summed E-state index contributed by atoms with van der Waals surface area (Å²) in [6.45, 7) is 2.22. The van der Waals surface area contributed by atoms with Gasteiger partial charge in [-0.1, -0.05) is 31.5 Å². The van der Waals surface area contributed by atoms with Gasteiger partial charge in [0.25, 0.3) is 5.91 Å². The van der Waals surface area contributed by atoms with Crippen molar-refractivity contribution >= 4 is 22.2 Å². The van der Waals surface area contributed by atoms with Gasteiger partial charge in [-0.05, 0) is 36.8 Å². The predicted octanol–water partition coefficient (Wildman–Crippen LogP) is 4.26. The van der Waals surface area contributed by atoms with Gasteiger partial charge in [-0.25, -0.2) is 4.39 Å². The molecular weight excluding hydrogens is 311 g/mol. The fourth-order valence-corrected chi connectivity index (χ4v) is 4.97. The molecule has 0 bridgehead atoms. The van der Waals surface area contributed by atoms with Crippen LogP contribution in [0.1, 0.15) is 52.3 Å². The highest BCUT2D eigenvalue weighted by Gasteiger charge is 2.34. The maximum absolute atomic E-state index is 14.0. The lowest BCUT2D eigenvalue weighted by Gasteiger charge is -2.27. The summed E-state index contributed by atoms with van der Waals surface area (Å²) < 4.78 is 14.0. The molecule has 2 unspecified atom stereocenters. The summed E-state index contributed by atoms with van der Waals surface area (Å²) in [7, 11) is 0. The Morgan fingerprint density at radius 2 is 2.13 bits per heavy atom. The van der Waals surface area contributed by atoms with Gasteiger partial charge in [-0.2, -0.15) is 0 Å². The van der Waals surface area contributed by atoms with Crippen LogP contribution in [0.5, 0.6) is 0 Å². The highest BCUT2D eigenvalue weighted by atomic mass is 32.1. The molecule has 2 aromatic rings. The number of nitrogens with one attached hydrogen (secondary N) is 2. The number of anilines is 1. The Hall–Kier alpha value is -1.88. The van der Waals surface area contributed by atoms with E-state index >= 15 is 0 Å². The van der Waals surface area contributed by atoms with E-state index in [9.17, 15) is 9.18 Å². The van der Waals surface area contributed by atoms with E-state index in [1.54, 1.807) is 29.5 Å². The van der Waals surface area contributed by atoms with Crippen molar-refractivity contribution in [2.45, 2.75) is 38.8 Å². The van der Waals surface area contributed by atoms with Crippen LogP contribution in [0.3, 0.4) is 0 Å². The average molecular weight is 330 g/mol. The quantitative estimate of drug-likeness (QED) is 0.864. The van der Waals surface area contributed by atoms with Crippen LogP contribution in [-0.2, 0) is 12.8 Å². The van der Waals surface area contributed by atoms with Gasteiger partial charge >= 0.3 is 0 Å². The number of amides is 1. The first-order valence-corrected chi connectivity index (χ1v) is 8.95. The summed E-state index contributed by atoms with van der Waals surface area (Å²) in [6.07, 6.45) is 3.86. The monoisotopic (exact) mass is 330 g/mol. The SMILES string of the molecule is CCC1CCc2c(sc3c2C(=O)NC(c2ccccc2F)N3)C1. The molecular formula is C18H19FN2OS. The molecule has 2 N–H and O–H groups in total. The first-order chi connectivity index (χ1) is 11.2. The van der Waals surface area contributed by atoms with Crippen LogP contribution in [-0.4, -0.2) is 5.91 Å².